The number of anilines is 1. The second-order valence-corrected chi connectivity index (χ2v) is 6.47. The zero-order valence-electron chi connectivity index (χ0n) is 12.3. The van der Waals surface area contributed by atoms with Gasteiger partial charge in [0.2, 0.25) is 0 Å². The Morgan fingerprint density at radius 3 is 2.90 bits per heavy atom. The summed E-state index contributed by atoms with van der Waals surface area (Å²) in [5.74, 6) is 0. The van der Waals surface area contributed by atoms with Gasteiger partial charge in [0, 0.05) is 24.9 Å². The van der Waals surface area contributed by atoms with Crippen molar-refractivity contribution in [1.82, 2.24) is 14.8 Å². The Kier molecular flexibility index (Phi) is 5.50. The summed E-state index contributed by atoms with van der Waals surface area (Å²) in [4.78, 5) is 5.81. The monoisotopic (exact) mass is 326 g/mol. The van der Waals surface area contributed by atoms with Crippen LogP contribution in [0.3, 0.4) is 0 Å². The maximum atomic E-state index is 10.3. The van der Waals surface area contributed by atoms with E-state index in [0.29, 0.717) is 22.5 Å². The van der Waals surface area contributed by atoms with Gasteiger partial charge in [-0.15, -0.1) is 0 Å². The van der Waals surface area contributed by atoms with Gasteiger partial charge in [-0.1, -0.05) is 18.5 Å². The quantitative estimate of drug-likeness (QED) is 0.827. The maximum Gasteiger partial charge on any atom is 0.174 e. The Bertz CT molecular complexity index is 578. The van der Waals surface area contributed by atoms with Crippen LogP contribution in [-0.4, -0.2) is 44.7 Å². The predicted octanol–water partition coefficient (Wildman–Crippen LogP) is 2.82. The molecule has 0 saturated carbocycles. The van der Waals surface area contributed by atoms with Crippen molar-refractivity contribution in [3.8, 4) is 5.69 Å². The largest absolute Gasteiger partial charge is 0.374 e. The first-order valence-corrected chi connectivity index (χ1v) is 8.28. The highest BCUT2D eigenvalue weighted by Crippen LogP contribution is 2.27. The van der Waals surface area contributed by atoms with Crippen molar-refractivity contribution in [2.24, 2.45) is 0 Å². The number of aliphatic hydroxyl groups is 1. The summed E-state index contributed by atoms with van der Waals surface area (Å²) < 4.78 is 1.66. The lowest BCUT2D eigenvalue weighted by Gasteiger charge is -2.26. The molecular weight excluding hydrogens is 308 g/mol. The summed E-state index contributed by atoms with van der Waals surface area (Å²) in [5, 5.41) is 15.3. The Labute approximate surface area is 133 Å². The van der Waals surface area contributed by atoms with Gasteiger partial charge in [-0.25, -0.2) is 4.68 Å². The number of halogens is 1. The summed E-state index contributed by atoms with van der Waals surface area (Å²) in [6, 6.07) is 3.73. The van der Waals surface area contributed by atoms with Crippen molar-refractivity contribution in [1.29, 1.82) is 0 Å². The molecule has 114 valence electrons. The minimum absolute atomic E-state index is 0.359. The average molecular weight is 327 g/mol. The van der Waals surface area contributed by atoms with E-state index in [2.05, 4.69) is 17.0 Å². The van der Waals surface area contributed by atoms with Crippen molar-refractivity contribution in [3.05, 3.63) is 35.9 Å². The highest BCUT2D eigenvalue weighted by atomic mass is 35.5. The topological polar surface area (TPSA) is 54.2 Å². The van der Waals surface area contributed by atoms with Crippen LogP contribution in [0.5, 0.6) is 0 Å². The van der Waals surface area contributed by atoms with Crippen LogP contribution in [0.2, 0.25) is 5.15 Å². The molecule has 2 aromatic rings. The third-order valence-corrected chi connectivity index (χ3v) is 4.60. The van der Waals surface area contributed by atoms with Gasteiger partial charge in [0.25, 0.3) is 0 Å². The molecule has 0 saturated heterocycles. The van der Waals surface area contributed by atoms with Crippen LogP contribution in [0.4, 0.5) is 5.69 Å². The molecule has 2 unspecified atom stereocenters. The van der Waals surface area contributed by atoms with Crippen LogP contribution in [0.1, 0.15) is 13.3 Å². The first-order valence-electron chi connectivity index (χ1n) is 6.62. The average Bonchev–Trinajstić information content (AvgIpc) is 2.89. The van der Waals surface area contributed by atoms with Crippen LogP contribution in [-0.2, 0) is 0 Å². The minimum Gasteiger partial charge on any atom is -0.374 e. The standard InChI is InChI=1S/C14H19ClN4OS/c1-10(21-3)7-13(20)18(2)12-9-19(17-14(12)15)11-5-4-6-16-8-11/h4-6,8-10,13,20H,7H2,1-3H3. The molecule has 0 amide bonds. The van der Waals surface area contributed by atoms with E-state index in [0.717, 1.165) is 5.69 Å². The van der Waals surface area contributed by atoms with Gasteiger partial charge in [0.15, 0.2) is 5.15 Å². The SMILES string of the molecule is CSC(C)CC(O)N(C)c1cn(-c2cccnc2)nc1Cl. The molecule has 1 N–H and O–H groups in total. The second kappa shape index (κ2) is 7.15. The van der Waals surface area contributed by atoms with Crippen molar-refractivity contribution in [2.45, 2.75) is 24.8 Å². The van der Waals surface area contributed by atoms with Crippen LogP contribution in [0, 0.1) is 0 Å². The number of nitrogens with zero attached hydrogens (tertiary/aromatic N) is 4. The van der Waals surface area contributed by atoms with E-state index in [-0.39, 0.29) is 0 Å². The fraction of sp³-hybridized carbons (Fsp3) is 0.429. The van der Waals surface area contributed by atoms with Crippen LogP contribution in [0.25, 0.3) is 5.69 Å². The molecule has 2 rings (SSSR count). The molecule has 2 aromatic heterocycles. The highest BCUT2D eigenvalue weighted by Gasteiger charge is 2.20. The molecule has 0 aliphatic rings. The normalized spacial score (nSPS) is 14.0. The molecule has 7 heteroatoms. The lowest BCUT2D eigenvalue weighted by molar-refractivity contribution is 0.165. The van der Waals surface area contributed by atoms with Crippen molar-refractivity contribution in [3.63, 3.8) is 0 Å². The predicted molar refractivity (Wildman–Crippen MR) is 88.4 cm³/mol. The fourth-order valence-electron chi connectivity index (χ4n) is 1.91. The Morgan fingerprint density at radius 2 is 2.29 bits per heavy atom. The lowest BCUT2D eigenvalue weighted by Crippen LogP contribution is -2.33. The van der Waals surface area contributed by atoms with Gasteiger partial charge in [-0.05, 0) is 18.4 Å². The van der Waals surface area contributed by atoms with E-state index in [1.807, 2.05) is 25.4 Å². The number of thioether (sulfide) groups is 1. The Balaban J connectivity index is 2.19. The third kappa shape index (κ3) is 3.90. The summed E-state index contributed by atoms with van der Waals surface area (Å²) in [6.45, 7) is 2.09. The van der Waals surface area contributed by atoms with Gasteiger partial charge in [-0.2, -0.15) is 16.9 Å². The van der Waals surface area contributed by atoms with E-state index >= 15 is 0 Å². The molecule has 0 aliphatic heterocycles. The summed E-state index contributed by atoms with van der Waals surface area (Å²) >= 11 is 7.92. The van der Waals surface area contributed by atoms with Crippen LogP contribution >= 0.6 is 23.4 Å². The first kappa shape index (κ1) is 16.1. The first-order chi connectivity index (χ1) is 10.0. The van der Waals surface area contributed by atoms with E-state index < -0.39 is 6.23 Å². The number of hydrogen-bond acceptors (Lipinski definition) is 5. The van der Waals surface area contributed by atoms with Gasteiger partial charge in [-0.3, -0.25) is 4.98 Å². The van der Waals surface area contributed by atoms with E-state index in [4.69, 9.17) is 11.6 Å². The molecule has 0 fully saturated rings. The summed E-state index contributed by atoms with van der Waals surface area (Å²) in [5.41, 5.74) is 1.52. The number of aromatic nitrogens is 3. The molecule has 0 aliphatic carbocycles. The lowest BCUT2D eigenvalue weighted by atomic mass is 10.2. The molecule has 2 heterocycles. The smallest absolute Gasteiger partial charge is 0.174 e. The van der Waals surface area contributed by atoms with E-state index in [9.17, 15) is 5.11 Å². The number of rotatable bonds is 6. The van der Waals surface area contributed by atoms with Gasteiger partial charge in [0.05, 0.1) is 23.8 Å². The van der Waals surface area contributed by atoms with Crippen molar-refractivity contribution in [2.75, 3.05) is 18.2 Å². The number of hydrogen-bond donors (Lipinski definition) is 1. The summed E-state index contributed by atoms with van der Waals surface area (Å²) in [7, 11) is 1.81. The molecule has 0 aromatic carbocycles. The molecule has 2 atom stereocenters. The molecule has 0 bridgehead atoms. The second-order valence-electron chi connectivity index (χ2n) is 4.83. The van der Waals surface area contributed by atoms with E-state index in [1.54, 1.807) is 39.9 Å². The maximum absolute atomic E-state index is 10.3. The Hall–Kier alpha value is -1.24. The zero-order valence-corrected chi connectivity index (χ0v) is 13.8. The molecule has 0 spiro atoms. The third-order valence-electron chi connectivity index (χ3n) is 3.33. The zero-order chi connectivity index (χ0) is 15.4. The molecular formula is C14H19ClN4OS. The molecule has 0 radical (unpaired) electrons. The van der Waals surface area contributed by atoms with E-state index in [1.165, 1.54) is 0 Å². The number of aliphatic hydroxyl groups excluding tert-OH is 1. The minimum atomic E-state index is -0.600. The highest BCUT2D eigenvalue weighted by molar-refractivity contribution is 7.99. The number of pyridine rings is 1. The van der Waals surface area contributed by atoms with Gasteiger partial charge in [0.1, 0.15) is 6.23 Å². The van der Waals surface area contributed by atoms with Crippen molar-refractivity contribution < 1.29 is 5.11 Å². The van der Waals surface area contributed by atoms with Crippen molar-refractivity contribution >= 4 is 29.1 Å². The van der Waals surface area contributed by atoms with Crippen LogP contribution < -0.4 is 4.90 Å². The molecule has 5 nitrogen and oxygen atoms in total. The summed E-state index contributed by atoms with van der Waals surface area (Å²) in [6.07, 6.45) is 7.30. The van der Waals surface area contributed by atoms with Crippen LogP contribution in [0.15, 0.2) is 30.7 Å². The van der Waals surface area contributed by atoms with Gasteiger partial charge >= 0.3 is 0 Å². The fourth-order valence-corrected chi connectivity index (χ4v) is 2.54. The van der Waals surface area contributed by atoms with Gasteiger partial charge < -0.3 is 10.0 Å². The molecule has 21 heavy (non-hydrogen) atoms. The Morgan fingerprint density at radius 1 is 1.52 bits per heavy atom.